The van der Waals surface area contributed by atoms with E-state index in [4.69, 9.17) is 5.73 Å². The Morgan fingerprint density at radius 2 is 1.84 bits per heavy atom. The third-order valence-electron chi connectivity index (χ3n) is 9.97. The zero-order valence-electron chi connectivity index (χ0n) is 28.5. The van der Waals surface area contributed by atoms with E-state index < -0.39 is 24.0 Å². The number of hydrogen-bond donors (Lipinski definition) is 2. The quantitative estimate of drug-likeness (QED) is 0.211. The maximum Gasteiger partial charge on any atom is 0.393 e. The van der Waals surface area contributed by atoms with Gasteiger partial charge in [-0.25, -0.2) is 4.98 Å². The molecule has 0 saturated carbocycles. The van der Waals surface area contributed by atoms with Crippen LogP contribution in [0, 0.1) is 18.3 Å². The van der Waals surface area contributed by atoms with Crippen LogP contribution in [0.2, 0.25) is 0 Å². The van der Waals surface area contributed by atoms with Crippen molar-refractivity contribution in [2.75, 3.05) is 43.5 Å². The summed E-state index contributed by atoms with van der Waals surface area (Å²) >= 11 is -0.00699. The molecule has 10 nitrogen and oxygen atoms in total. The summed E-state index contributed by atoms with van der Waals surface area (Å²) in [4.78, 5) is 14.0. The maximum absolute atomic E-state index is 13.0. The van der Waals surface area contributed by atoms with E-state index in [2.05, 4.69) is 79.9 Å². The summed E-state index contributed by atoms with van der Waals surface area (Å²) in [5.74, 6) is 0.530. The normalized spacial score (nSPS) is 21.7. The lowest BCUT2D eigenvalue weighted by molar-refractivity contribution is -0.126. The predicted molar refractivity (Wildman–Crippen MR) is 191 cm³/mol. The fraction of sp³-hybridized carbons (Fsp3) is 0.559. The van der Waals surface area contributed by atoms with Crippen molar-refractivity contribution in [3.8, 4) is 6.07 Å². The van der Waals surface area contributed by atoms with E-state index in [1.165, 1.54) is 17.2 Å². The average Bonchev–Trinajstić information content (AvgIpc) is 3.58. The monoisotopic (exact) mass is 715 g/mol. The van der Waals surface area contributed by atoms with Crippen molar-refractivity contribution in [2.24, 2.45) is 0 Å². The van der Waals surface area contributed by atoms with Crippen molar-refractivity contribution < 1.29 is 17.7 Å². The molecule has 4 aromatic rings. The average molecular weight is 716 g/mol. The van der Waals surface area contributed by atoms with Gasteiger partial charge < -0.3 is 20.2 Å². The molecule has 2 saturated heterocycles. The molecule has 3 unspecified atom stereocenters. The molecule has 0 aliphatic carbocycles. The zero-order valence-corrected chi connectivity index (χ0v) is 30.2. The number of rotatable bonds is 9. The Hall–Kier alpha value is -3.13. The molecule has 0 radical (unpaired) electrons. The largest absolute Gasteiger partial charge is 0.598 e. The van der Waals surface area contributed by atoms with Gasteiger partial charge in [-0.1, -0.05) is 6.07 Å². The van der Waals surface area contributed by atoms with E-state index >= 15 is 0 Å². The number of hydrogen-bond acceptors (Lipinski definition) is 10. The van der Waals surface area contributed by atoms with Crippen LogP contribution < -0.4 is 11.1 Å². The predicted octanol–water partition coefficient (Wildman–Crippen LogP) is 5.67. The van der Waals surface area contributed by atoms with Crippen LogP contribution in [0.3, 0.4) is 0 Å². The maximum atomic E-state index is 13.0. The number of fused-ring (bicyclic) bond motifs is 2. The van der Waals surface area contributed by atoms with Crippen LogP contribution in [0.15, 0.2) is 24.3 Å². The Balaban J connectivity index is 1.10. The van der Waals surface area contributed by atoms with Crippen LogP contribution in [0.4, 0.5) is 24.9 Å². The van der Waals surface area contributed by atoms with E-state index in [1.807, 2.05) is 6.07 Å². The first kappa shape index (κ1) is 35.7. The molecule has 3 N–H and O–H groups in total. The number of aromatic nitrogens is 3. The van der Waals surface area contributed by atoms with Gasteiger partial charge >= 0.3 is 6.18 Å². The highest BCUT2D eigenvalue weighted by molar-refractivity contribution is 7.88. The number of piperidine rings is 1. The molecule has 2 fully saturated rings. The minimum Gasteiger partial charge on any atom is -0.598 e. The zero-order chi connectivity index (χ0) is 35.2. The van der Waals surface area contributed by atoms with Crippen LogP contribution in [-0.2, 0) is 30.9 Å². The van der Waals surface area contributed by atoms with Gasteiger partial charge in [0, 0.05) is 78.5 Å². The number of aryl methyl sites for hydroxylation is 1. The van der Waals surface area contributed by atoms with Gasteiger partial charge in [0.25, 0.3) is 0 Å². The number of anilines is 2. The number of nitrogens with one attached hydrogen (secondary N) is 1. The molecule has 0 amide bonds. The molecule has 264 valence electrons. The first-order valence-electron chi connectivity index (χ1n) is 16.7. The molecular weight excluding hydrogens is 672 g/mol. The van der Waals surface area contributed by atoms with E-state index in [1.54, 1.807) is 6.26 Å². The molecule has 4 atom stereocenters. The first-order valence-corrected chi connectivity index (χ1v) is 19.0. The van der Waals surface area contributed by atoms with Gasteiger partial charge in [-0.15, -0.1) is 15.6 Å². The minimum absolute atomic E-state index is 0.0411. The number of nitriles is 1. The lowest BCUT2D eigenvalue weighted by atomic mass is 10.0. The fourth-order valence-electron chi connectivity index (χ4n) is 7.63. The number of benzene rings is 1. The Kier molecular flexibility index (Phi) is 10.4. The molecule has 15 heteroatoms. The van der Waals surface area contributed by atoms with Crippen LogP contribution >= 0.6 is 11.3 Å². The molecule has 0 spiro atoms. The number of nitrogens with zero attached hydrogens (tertiary/aromatic N) is 7. The lowest BCUT2D eigenvalue weighted by Gasteiger charge is -2.44. The van der Waals surface area contributed by atoms with Crippen LogP contribution in [0.1, 0.15) is 55.3 Å². The van der Waals surface area contributed by atoms with Gasteiger partial charge in [0.15, 0.2) is 0 Å². The van der Waals surface area contributed by atoms with E-state index in [-0.39, 0.29) is 35.0 Å². The molecule has 1 aromatic carbocycles. The molecular formula is C34H44F3N9OS2. The summed E-state index contributed by atoms with van der Waals surface area (Å²) in [5.41, 5.74) is 10.0. The van der Waals surface area contributed by atoms with Gasteiger partial charge in [-0.2, -0.15) is 23.4 Å². The topological polar surface area (TPSA) is 125 Å². The fourth-order valence-corrected chi connectivity index (χ4v) is 9.84. The van der Waals surface area contributed by atoms with Gasteiger partial charge in [-0.05, 0) is 69.9 Å². The summed E-state index contributed by atoms with van der Waals surface area (Å²) < 4.78 is 55.5. The third-order valence-corrected chi connectivity index (χ3v) is 12.3. The number of likely N-dealkylation sites (tertiary alicyclic amines) is 1. The Bertz CT molecular complexity index is 1830. The molecule has 6 rings (SSSR count). The molecule has 2 aliphatic rings. The number of nitrogens with two attached hydrogens (primary N) is 1. The van der Waals surface area contributed by atoms with Gasteiger partial charge in [0.2, 0.25) is 5.95 Å². The highest BCUT2D eigenvalue weighted by Gasteiger charge is 2.37. The SMILES string of the molecule is Cc1c(CN2CCC(Nc3nc(N)nc4sc(CC(F)(F)F)cc34)CC2)ccc2c1cc(C#N)n2CC(C)N1CC(C)N([S+](C)[O-])[C@H](C)C1. The first-order chi connectivity index (χ1) is 23.2. The standard InChI is InChI=1S/C34H44F3N9OS2/c1-20(44-16-21(2)46(49(5)47)22(3)17-44)18-45-26(15-38)12-28-23(4)24(6-7-30(28)45)19-43-10-8-25(9-11-43)40-31-29-13-27(14-34(35,36)37)48-32(29)42-33(39)41-31/h6-7,12-13,20-22,25H,8-11,14,16-19H2,1-5H3,(H3,39,40,41,42)/t20?,21-,22?,49?/m1/s1. The number of thiophene rings is 1. The van der Waals surface area contributed by atoms with Crippen molar-refractivity contribution in [2.45, 2.75) is 90.4 Å². The molecule has 2 aliphatic heterocycles. The van der Waals surface area contributed by atoms with Gasteiger partial charge in [-0.3, -0.25) is 9.80 Å². The minimum atomic E-state index is -4.29. The summed E-state index contributed by atoms with van der Waals surface area (Å²) in [5, 5.41) is 15.2. The van der Waals surface area contributed by atoms with Crippen LogP contribution in [0.5, 0.6) is 0 Å². The summed E-state index contributed by atoms with van der Waals surface area (Å²) in [7, 11) is 0. The number of alkyl halides is 3. The Labute approximate surface area is 292 Å². The third kappa shape index (κ3) is 7.79. The lowest BCUT2D eigenvalue weighted by Crippen LogP contribution is -2.60. The van der Waals surface area contributed by atoms with Crippen LogP contribution in [-0.4, -0.2) is 96.0 Å². The van der Waals surface area contributed by atoms with Crippen molar-refractivity contribution in [1.29, 1.82) is 5.26 Å². The van der Waals surface area contributed by atoms with Gasteiger partial charge in [0.1, 0.15) is 28.7 Å². The second-order valence-electron chi connectivity index (χ2n) is 13.7. The molecule has 3 aromatic heterocycles. The van der Waals surface area contributed by atoms with Crippen molar-refractivity contribution in [3.05, 3.63) is 46.0 Å². The summed E-state index contributed by atoms with van der Waals surface area (Å²) in [6.07, 6.45) is -1.86. The summed E-state index contributed by atoms with van der Waals surface area (Å²) in [6.45, 7) is 13.4. The summed E-state index contributed by atoms with van der Waals surface area (Å²) in [6, 6.07) is 11.0. The second kappa shape index (κ2) is 14.2. The smallest absolute Gasteiger partial charge is 0.393 e. The van der Waals surface area contributed by atoms with Gasteiger partial charge in [0.05, 0.1) is 23.9 Å². The van der Waals surface area contributed by atoms with Crippen molar-refractivity contribution in [3.63, 3.8) is 0 Å². The van der Waals surface area contributed by atoms with Crippen molar-refractivity contribution >= 4 is 55.6 Å². The van der Waals surface area contributed by atoms with E-state index in [0.717, 1.165) is 67.8 Å². The molecule has 49 heavy (non-hydrogen) atoms. The second-order valence-corrected chi connectivity index (χ2v) is 16.1. The van der Waals surface area contributed by atoms with E-state index in [9.17, 15) is 23.0 Å². The molecule has 0 bridgehead atoms. The van der Waals surface area contributed by atoms with Crippen LogP contribution in [0.25, 0.3) is 21.1 Å². The number of halogens is 3. The number of nitrogen functional groups attached to an aromatic ring is 1. The highest BCUT2D eigenvalue weighted by atomic mass is 32.2. The van der Waals surface area contributed by atoms with E-state index in [0.29, 0.717) is 28.3 Å². The Morgan fingerprint density at radius 3 is 2.47 bits per heavy atom. The number of piperazine rings is 1. The molecule has 5 heterocycles. The van der Waals surface area contributed by atoms with Crippen molar-refractivity contribution in [1.82, 2.24) is 28.6 Å². The highest BCUT2D eigenvalue weighted by Crippen LogP contribution is 2.35. The Morgan fingerprint density at radius 1 is 1.14 bits per heavy atom.